The van der Waals surface area contributed by atoms with Crippen molar-refractivity contribution in [1.29, 1.82) is 0 Å². The third-order valence-electron chi connectivity index (χ3n) is 5.33. The number of aliphatic carboxylic acids is 1. The van der Waals surface area contributed by atoms with Gasteiger partial charge in [0.1, 0.15) is 5.82 Å². The van der Waals surface area contributed by atoms with E-state index in [0.717, 1.165) is 57.8 Å². The van der Waals surface area contributed by atoms with Crippen molar-refractivity contribution in [3.63, 3.8) is 0 Å². The van der Waals surface area contributed by atoms with E-state index in [4.69, 9.17) is 10.1 Å². The third-order valence-corrected chi connectivity index (χ3v) is 5.33. The predicted molar refractivity (Wildman–Crippen MR) is 99.1 cm³/mol. The average molecular weight is 346 g/mol. The molecule has 6 heteroatoms. The van der Waals surface area contributed by atoms with Gasteiger partial charge in [-0.3, -0.25) is 9.69 Å². The van der Waals surface area contributed by atoms with E-state index < -0.39 is 5.97 Å². The normalized spacial score (nSPS) is 17.8. The lowest BCUT2D eigenvalue weighted by atomic mass is 10.0. The van der Waals surface area contributed by atoms with Gasteiger partial charge in [0.05, 0.1) is 6.42 Å². The monoisotopic (exact) mass is 346 g/mol. The van der Waals surface area contributed by atoms with Crippen molar-refractivity contribution >= 4 is 11.8 Å². The topological polar surface area (TPSA) is 68.7 Å². The number of anilines is 1. The third kappa shape index (κ3) is 4.92. The summed E-state index contributed by atoms with van der Waals surface area (Å²) in [6.07, 6.45) is 4.72. The lowest BCUT2D eigenvalue weighted by Crippen LogP contribution is -2.59. The van der Waals surface area contributed by atoms with Crippen molar-refractivity contribution in [2.75, 3.05) is 44.6 Å². The van der Waals surface area contributed by atoms with Crippen molar-refractivity contribution in [3.8, 4) is 0 Å². The van der Waals surface area contributed by atoms with Crippen LogP contribution in [-0.2, 0) is 17.6 Å². The Morgan fingerprint density at radius 1 is 1.44 bits per heavy atom. The Bertz CT molecular complexity index is 587. The molecule has 0 bridgehead atoms. The summed E-state index contributed by atoms with van der Waals surface area (Å²) in [5.41, 5.74) is 2.53. The van der Waals surface area contributed by atoms with Gasteiger partial charge < -0.3 is 15.3 Å². The van der Waals surface area contributed by atoms with Crippen LogP contribution < -0.4 is 5.32 Å². The molecule has 0 atom stereocenters. The molecule has 3 heterocycles. The van der Waals surface area contributed by atoms with Gasteiger partial charge in [0.25, 0.3) is 0 Å². The van der Waals surface area contributed by atoms with E-state index in [9.17, 15) is 4.79 Å². The van der Waals surface area contributed by atoms with Crippen molar-refractivity contribution in [3.05, 3.63) is 23.4 Å². The van der Waals surface area contributed by atoms with E-state index in [1.807, 2.05) is 0 Å². The summed E-state index contributed by atoms with van der Waals surface area (Å²) in [7, 11) is 0. The van der Waals surface area contributed by atoms with Gasteiger partial charge in [-0.25, -0.2) is 4.98 Å². The number of nitrogens with zero attached hydrogens (tertiary/aromatic N) is 3. The Morgan fingerprint density at radius 2 is 2.28 bits per heavy atom. The number of hydrogen-bond donors (Lipinski definition) is 2. The largest absolute Gasteiger partial charge is 0.481 e. The maximum atomic E-state index is 10.7. The molecule has 1 fully saturated rings. The summed E-state index contributed by atoms with van der Waals surface area (Å²) in [6, 6.07) is 4.93. The Balaban J connectivity index is 1.36. The highest BCUT2D eigenvalue weighted by atomic mass is 16.4. The molecule has 0 saturated carbocycles. The van der Waals surface area contributed by atoms with Crippen LogP contribution >= 0.6 is 0 Å². The molecule has 6 nitrogen and oxygen atoms in total. The van der Waals surface area contributed by atoms with E-state index in [1.54, 1.807) is 0 Å². The van der Waals surface area contributed by atoms with Gasteiger partial charge in [-0.05, 0) is 50.4 Å². The van der Waals surface area contributed by atoms with E-state index in [1.165, 1.54) is 17.7 Å². The van der Waals surface area contributed by atoms with E-state index in [0.29, 0.717) is 12.6 Å². The molecule has 1 aromatic heterocycles. The number of hydrogen-bond acceptors (Lipinski definition) is 5. The molecule has 2 aliphatic rings. The Hall–Kier alpha value is -1.66. The molecule has 2 aliphatic heterocycles. The zero-order valence-corrected chi connectivity index (χ0v) is 15.2. The lowest BCUT2D eigenvalue weighted by molar-refractivity contribution is -0.137. The molecule has 1 aromatic rings. The highest BCUT2D eigenvalue weighted by molar-refractivity contribution is 5.66. The first-order valence-corrected chi connectivity index (χ1v) is 9.56. The summed E-state index contributed by atoms with van der Waals surface area (Å²) in [5, 5.41) is 12.2. The van der Waals surface area contributed by atoms with Gasteiger partial charge in [-0.1, -0.05) is 13.0 Å². The van der Waals surface area contributed by atoms with Crippen LogP contribution in [0.15, 0.2) is 12.1 Å². The Kier molecular flexibility index (Phi) is 6.26. The van der Waals surface area contributed by atoms with Crippen LogP contribution in [0.4, 0.5) is 5.82 Å². The molecule has 3 rings (SSSR count). The lowest BCUT2D eigenvalue weighted by Gasteiger charge is -2.45. The molecule has 2 N–H and O–H groups in total. The average Bonchev–Trinajstić information content (AvgIpc) is 2.58. The van der Waals surface area contributed by atoms with Crippen LogP contribution in [0.2, 0.25) is 0 Å². The number of aromatic nitrogens is 1. The molecule has 0 aromatic carbocycles. The molecule has 0 amide bonds. The molecule has 0 spiro atoms. The number of likely N-dealkylation sites (tertiary alicyclic amines) is 1. The maximum absolute atomic E-state index is 10.7. The fraction of sp³-hybridized carbons (Fsp3) is 0.684. The van der Waals surface area contributed by atoms with Crippen LogP contribution in [-0.4, -0.2) is 71.2 Å². The van der Waals surface area contributed by atoms with Gasteiger partial charge in [0, 0.05) is 37.9 Å². The number of rotatable bonds is 9. The number of carboxylic acids is 1. The second-order valence-electron chi connectivity index (χ2n) is 7.13. The van der Waals surface area contributed by atoms with Crippen LogP contribution in [0.25, 0.3) is 0 Å². The highest BCUT2D eigenvalue weighted by Crippen LogP contribution is 2.21. The summed E-state index contributed by atoms with van der Waals surface area (Å²) in [6.45, 7) is 7.96. The van der Waals surface area contributed by atoms with E-state index in [2.05, 4.69) is 34.2 Å². The van der Waals surface area contributed by atoms with Crippen LogP contribution in [0.5, 0.6) is 0 Å². The van der Waals surface area contributed by atoms with Crippen LogP contribution in [0, 0.1) is 0 Å². The summed E-state index contributed by atoms with van der Waals surface area (Å²) < 4.78 is 0. The van der Waals surface area contributed by atoms with Crippen LogP contribution in [0.3, 0.4) is 0 Å². The zero-order valence-electron chi connectivity index (χ0n) is 15.2. The minimum absolute atomic E-state index is 0.238. The smallest absolute Gasteiger partial charge is 0.304 e. The van der Waals surface area contributed by atoms with E-state index in [-0.39, 0.29) is 6.42 Å². The second-order valence-corrected chi connectivity index (χ2v) is 7.13. The number of carbonyl (C=O) groups is 1. The van der Waals surface area contributed by atoms with Gasteiger partial charge in [-0.2, -0.15) is 0 Å². The number of likely N-dealkylation sites (N-methyl/N-ethyl adjacent to an activating group) is 1. The minimum Gasteiger partial charge on any atom is -0.481 e. The quantitative estimate of drug-likeness (QED) is 0.711. The van der Waals surface area contributed by atoms with Crippen molar-refractivity contribution in [2.45, 2.75) is 45.1 Å². The number of carboxylic acid groups (broad SMARTS) is 1. The molecular formula is C19H30N4O2. The molecule has 0 unspecified atom stereocenters. The van der Waals surface area contributed by atoms with Crippen LogP contribution in [0.1, 0.15) is 37.4 Å². The molecule has 1 saturated heterocycles. The zero-order chi connectivity index (χ0) is 17.6. The highest BCUT2D eigenvalue weighted by Gasteiger charge is 2.30. The van der Waals surface area contributed by atoms with Gasteiger partial charge >= 0.3 is 5.97 Å². The first-order chi connectivity index (χ1) is 12.2. The molecule has 25 heavy (non-hydrogen) atoms. The standard InChI is InChI=1S/C19H30N4O2/c1-2-23(12-9-18(24)25)17-13-22(14-17)11-4-6-16-8-7-15-5-3-10-20-19(15)21-16/h7-8,17H,2-6,9-14H2,1H3,(H,20,21)(H,24,25). The van der Waals surface area contributed by atoms with E-state index >= 15 is 0 Å². The molecule has 138 valence electrons. The molecule has 0 aliphatic carbocycles. The number of aryl methyl sites for hydroxylation is 2. The number of pyridine rings is 1. The predicted octanol–water partition coefficient (Wildman–Crippen LogP) is 1.85. The molecular weight excluding hydrogens is 316 g/mol. The maximum Gasteiger partial charge on any atom is 0.304 e. The fourth-order valence-electron chi connectivity index (χ4n) is 3.79. The fourth-order valence-corrected chi connectivity index (χ4v) is 3.79. The van der Waals surface area contributed by atoms with Crippen molar-refractivity contribution < 1.29 is 9.90 Å². The molecule has 0 radical (unpaired) electrons. The number of fused-ring (bicyclic) bond motifs is 1. The second kappa shape index (κ2) is 8.63. The Labute approximate surface area is 150 Å². The number of nitrogens with one attached hydrogen (secondary N) is 1. The van der Waals surface area contributed by atoms with Gasteiger partial charge in [0.15, 0.2) is 0 Å². The summed E-state index contributed by atoms with van der Waals surface area (Å²) in [4.78, 5) is 20.2. The SMILES string of the molecule is CCN(CCC(=O)O)C1CN(CCCc2ccc3c(n2)NCCC3)C1. The first kappa shape index (κ1) is 18.1. The Morgan fingerprint density at radius 3 is 3.04 bits per heavy atom. The van der Waals surface area contributed by atoms with Crippen molar-refractivity contribution in [1.82, 2.24) is 14.8 Å². The summed E-state index contributed by atoms with van der Waals surface area (Å²) in [5.74, 6) is 0.381. The van der Waals surface area contributed by atoms with Gasteiger partial charge in [0.2, 0.25) is 0 Å². The van der Waals surface area contributed by atoms with Crippen molar-refractivity contribution in [2.24, 2.45) is 0 Å². The first-order valence-electron chi connectivity index (χ1n) is 9.56. The summed E-state index contributed by atoms with van der Waals surface area (Å²) >= 11 is 0. The minimum atomic E-state index is -0.707. The van der Waals surface area contributed by atoms with Gasteiger partial charge in [-0.15, -0.1) is 0 Å².